The highest BCUT2D eigenvalue weighted by Gasteiger charge is 2.29. The largest absolute Gasteiger partial charge is 0.448 e. The molecule has 0 saturated carbocycles. The van der Waals surface area contributed by atoms with Crippen molar-refractivity contribution in [1.29, 1.82) is 0 Å². The summed E-state index contributed by atoms with van der Waals surface area (Å²) in [5.41, 5.74) is 15.9. The van der Waals surface area contributed by atoms with Crippen LogP contribution in [0, 0.1) is 6.92 Å². The van der Waals surface area contributed by atoms with Gasteiger partial charge < -0.3 is 14.4 Å². The number of nitrogens with zero attached hydrogens (tertiary/aromatic N) is 5. The number of benzene rings is 3. The van der Waals surface area contributed by atoms with Gasteiger partial charge in [-0.2, -0.15) is 0 Å². The van der Waals surface area contributed by atoms with E-state index < -0.39 is 11.7 Å². The molecule has 3 aromatic carbocycles. The van der Waals surface area contributed by atoms with Crippen molar-refractivity contribution in [2.45, 2.75) is 45.8 Å². The number of carbonyl (C=O) groups excluding carboxylic acids is 2. The summed E-state index contributed by atoms with van der Waals surface area (Å²) < 4.78 is 11.2. The van der Waals surface area contributed by atoms with Gasteiger partial charge in [-0.15, -0.1) is 0 Å². The van der Waals surface area contributed by atoms with Gasteiger partial charge >= 0.3 is 12.2 Å². The summed E-state index contributed by atoms with van der Waals surface area (Å²) in [5.74, 6) is -0.0465. The normalized spacial score (nSPS) is 14.9. The minimum absolute atomic E-state index is 0.0465. The zero-order valence-corrected chi connectivity index (χ0v) is 24.5. The van der Waals surface area contributed by atoms with E-state index in [9.17, 15) is 9.59 Å². The lowest BCUT2D eigenvalue weighted by molar-refractivity contribution is 0.0139. The van der Waals surface area contributed by atoms with Crippen LogP contribution in [0.15, 0.2) is 65.8 Å². The second kappa shape index (κ2) is 12.1. The van der Waals surface area contributed by atoms with Gasteiger partial charge in [0.1, 0.15) is 12.2 Å². The number of piperazine rings is 1. The van der Waals surface area contributed by atoms with E-state index in [2.05, 4.69) is 44.5 Å². The van der Waals surface area contributed by atoms with Gasteiger partial charge in [0.15, 0.2) is 0 Å². The third-order valence-electron chi connectivity index (χ3n) is 7.65. The fourth-order valence-electron chi connectivity index (χ4n) is 5.55. The number of fused-ring (bicyclic) bond motifs is 3. The van der Waals surface area contributed by atoms with Crippen molar-refractivity contribution in [3.05, 3.63) is 93.4 Å². The van der Waals surface area contributed by atoms with E-state index in [1.165, 1.54) is 0 Å². The number of rotatable bonds is 6. The minimum atomic E-state index is -0.579. The third kappa shape index (κ3) is 6.51. The van der Waals surface area contributed by atoms with Crippen LogP contribution in [0.3, 0.4) is 0 Å². The fourth-order valence-corrected chi connectivity index (χ4v) is 5.55. The Balaban J connectivity index is 1.24. The van der Waals surface area contributed by atoms with Gasteiger partial charge in [0.05, 0.1) is 0 Å². The molecule has 1 aliphatic carbocycles. The van der Waals surface area contributed by atoms with E-state index in [4.69, 9.17) is 15.0 Å². The molecule has 2 aliphatic rings. The maximum atomic E-state index is 13.0. The van der Waals surface area contributed by atoms with E-state index in [1.54, 1.807) is 11.0 Å². The Morgan fingerprint density at radius 2 is 1.62 bits per heavy atom. The van der Waals surface area contributed by atoms with Crippen LogP contribution in [0.4, 0.5) is 21.0 Å². The molecule has 0 radical (unpaired) electrons. The van der Waals surface area contributed by atoms with Crippen LogP contribution >= 0.6 is 0 Å². The Morgan fingerprint density at radius 1 is 1.00 bits per heavy atom. The second-order valence-electron chi connectivity index (χ2n) is 11.7. The van der Waals surface area contributed by atoms with Gasteiger partial charge in [-0.25, -0.2) is 9.59 Å². The molecule has 1 heterocycles. The molecule has 218 valence electrons. The number of nitrogens with one attached hydrogen (secondary N) is 1. The molecule has 1 saturated heterocycles. The average molecular weight is 569 g/mol. The summed E-state index contributed by atoms with van der Waals surface area (Å²) in [6, 6.07) is 19.9. The van der Waals surface area contributed by atoms with E-state index in [-0.39, 0.29) is 18.6 Å². The van der Waals surface area contributed by atoms with Gasteiger partial charge in [-0.05, 0) is 78.7 Å². The Bertz CT molecular complexity index is 1490. The first kappa shape index (κ1) is 29.0. The van der Waals surface area contributed by atoms with Crippen LogP contribution in [-0.4, -0.2) is 60.4 Å². The van der Waals surface area contributed by atoms with Crippen LogP contribution in [0.1, 0.15) is 48.9 Å². The summed E-state index contributed by atoms with van der Waals surface area (Å²) in [6.07, 6.45) is -0.886. The number of amides is 2. The predicted molar refractivity (Wildman–Crippen MR) is 162 cm³/mol. The molecular formula is C32H36N6O4. The highest BCUT2D eigenvalue weighted by Crippen LogP contribution is 2.44. The Morgan fingerprint density at radius 3 is 2.21 bits per heavy atom. The van der Waals surface area contributed by atoms with Crippen molar-refractivity contribution in [3.63, 3.8) is 0 Å². The summed E-state index contributed by atoms with van der Waals surface area (Å²) in [5, 5.41) is 6.69. The van der Waals surface area contributed by atoms with Crippen molar-refractivity contribution in [3.8, 4) is 11.1 Å². The Kier molecular flexibility index (Phi) is 8.38. The highest BCUT2D eigenvalue weighted by atomic mass is 16.6. The Labute approximate surface area is 245 Å². The number of hydrogen-bond donors (Lipinski definition) is 1. The van der Waals surface area contributed by atoms with E-state index in [1.807, 2.05) is 58.0 Å². The van der Waals surface area contributed by atoms with Crippen molar-refractivity contribution in [1.82, 2.24) is 9.80 Å². The molecule has 2 amide bonds. The smallest absolute Gasteiger partial charge is 0.411 e. The van der Waals surface area contributed by atoms with Crippen molar-refractivity contribution >= 4 is 23.6 Å². The molecule has 1 aliphatic heterocycles. The number of ether oxygens (including phenoxy) is 2. The molecular weight excluding hydrogens is 532 g/mol. The van der Waals surface area contributed by atoms with Crippen LogP contribution in [0.5, 0.6) is 0 Å². The summed E-state index contributed by atoms with van der Waals surface area (Å²) in [4.78, 5) is 32.3. The van der Waals surface area contributed by atoms with Gasteiger partial charge in [0, 0.05) is 54.9 Å². The number of anilines is 1. The highest BCUT2D eigenvalue weighted by molar-refractivity contribution is 5.86. The first-order chi connectivity index (χ1) is 20.1. The predicted octanol–water partition coefficient (Wildman–Crippen LogP) is 7.35. The summed E-state index contributed by atoms with van der Waals surface area (Å²) >= 11 is 0. The third-order valence-corrected chi connectivity index (χ3v) is 7.65. The topological polar surface area (TPSA) is 120 Å². The van der Waals surface area contributed by atoms with Crippen LogP contribution in [0.25, 0.3) is 21.6 Å². The minimum Gasteiger partial charge on any atom is -0.448 e. The monoisotopic (exact) mass is 568 g/mol. The lowest BCUT2D eigenvalue weighted by atomic mass is 9.98. The van der Waals surface area contributed by atoms with E-state index in [0.29, 0.717) is 44.1 Å². The van der Waals surface area contributed by atoms with Crippen LogP contribution in [-0.2, 0) is 16.0 Å². The molecule has 0 spiro atoms. The first-order valence-electron chi connectivity index (χ1n) is 14.1. The van der Waals surface area contributed by atoms with Gasteiger partial charge in [0.2, 0.25) is 0 Å². The quantitative estimate of drug-likeness (QED) is 0.189. The van der Waals surface area contributed by atoms with Crippen molar-refractivity contribution in [2.75, 3.05) is 38.1 Å². The lowest BCUT2D eigenvalue weighted by Crippen LogP contribution is -2.49. The molecule has 42 heavy (non-hydrogen) atoms. The van der Waals surface area contributed by atoms with Gasteiger partial charge in [-0.3, -0.25) is 10.2 Å². The molecule has 0 aromatic heterocycles. The summed E-state index contributed by atoms with van der Waals surface area (Å²) in [7, 11) is 0. The molecule has 1 fully saturated rings. The first-order valence-corrected chi connectivity index (χ1v) is 14.1. The Hall–Kier alpha value is -4.53. The molecule has 1 N–H and O–H groups in total. The van der Waals surface area contributed by atoms with Gasteiger partial charge in [-0.1, -0.05) is 53.6 Å². The molecule has 10 nitrogen and oxygen atoms in total. The average Bonchev–Trinajstić information content (AvgIpc) is 3.27. The van der Waals surface area contributed by atoms with Crippen LogP contribution < -0.4 is 5.32 Å². The zero-order chi connectivity index (χ0) is 29.9. The number of azide groups is 1. The molecule has 0 unspecified atom stereocenters. The number of hydrogen-bond acceptors (Lipinski definition) is 6. The standard InChI is InChI=1S/C32H36N6O4/c1-21-22(19-37-13-15-38(16-14-37)31(40)42-32(2,3)4)17-23(18-29(21)35-36-33)34-30(39)41-20-28-26-11-7-5-9-24(26)25-10-6-8-12-27(25)28/h5-12,17-18,28H,13-16,19-20H2,1-4H3,(H,34,39). The van der Waals surface area contributed by atoms with E-state index >= 15 is 0 Å². The van der Waals surface area contributed by atoms with Gasteiger partial charge in [0.25, 0.3) is 0 Å². The molecule has 5 rings (SSSR count). The van der Waals surface area contributed by atoms with Crippen molar-refractivity contribution in [2.24, 2.45) is 5.11 Å². The molecule has 10 heteroatoms. The van der Waals surface area contributed by atoms with E-state index in [0.717, 1.165) is 33.4 Å². The lowest BCUT2D eigenvalue weighted by Gasteiger charge is -2.35. The second-order valence-corrected chi connectivity index (χ2v) is 11.7. The maximum Gasteiger partial charge on any atom is 0.411 e. The maximum absolute atomic E-state index is 13.0. The summed E-state index contributed by atoms with van der Waals surface area (Å²) in [6.45, 7) is 10.7. The van der Waals surface area contributed by atoms with Crippen LogP contribution in [0.2, 0.25) is 0 Å². The zero-order valence-electron chi connectivity index (χ0n) is 24.5. The molecule has 0 bridgehead atoms. The fraction of sp³-hybridized carbons (Fsp3) is 0.375. The SMILES string of the molecule is Cc1c(CN2CCN(C(=O)OC(C)(C)C)CC2)cc(NC(=O)OCC2c3ccccc3-c3ccccc32)cc1N=[N+]=[N-]. The molecule has 3 aromatic rings. The molecule has 0 atom stereocenters. The van der Waals surface area contributed by atoms with Crippen molar-refractivity contribution < 1.29 is 19.1 Å². The number of carbonyl (C=O) groups is 2.